The maximum Gasteiger partial charge on any atom is 0.124 e. The number of H-pyrrole nitrogens is 1. The Morgan fingerprint density at radius 1 is 1.50 bits per heavy atom. The summed E-state index contributed by atoms with van der Waals surface area (Å²) in [6.07, 6.45) is 6.09. The first-order chi connectivity index (χ1) is 9.58. The Morgan fingerprint density at radius 3 is 3.05 bits per heavy atom. The molecule has 0 aliphatic carbocycles. The van der Waals surface area contributed by atoms with Crippen molar-refractivity contribution in [1.82, 2.24) is 29.9 Å². The van der Waals surface area contributed by atoms with E-state index in [0.29, 0.717) is 24.7 Å². The SMILES string of the molecule is CC(C)n1ccnc1CN1CCC(O)(c2cn[nH]n2)C1. The topological polar surface area (TPSA) is 82.9 Å². The van der Waals surface area contributed by atoms with Crippen molar-refractivity contribution in [3.05, 3.63) is 30.1 Å². The Hall–Kier alpha value is -1.73. The van der Waals surface area contributed by atoms with Gasteiger partial charge in [0.1, 0.15) is 17.1 Å². The first-order valence-corrected chi connectivity index (χ1v) is 6.91. The van der Waals surface area contributed by atoms with E-state index < -0.39 is 5.60 Å². The maximum atomic E-state index is 10.6. The molecule has 3 rings (SSSR count). The quantitative estimate of drug-likeness (QED) is 0.858. The van der Waals surface area contributed by atoms with Crippen LogP contribution in [0.25, 0.3) is 0 Å². The van der Waals surface area contributed by atoms with Gasteiger partial charge in [-0.05, 0) is 20.3 Å². The molecule has 0 bridgehead atoms. The molecule has 1 atom stereocenters. The number of nitrogens with one attached hydrogen (secondary N) is 1. The zero-order chi connectivity index (χ0) is 14.2. The molecule has 1 aliphatic rings. The highest BCUT2D eigenvalue weighted by Crippen LogP contribution is 2.30. The lowest BCUT2D eigenvalue weighted by Gasteiger charge is -2.21. The summed E-state index contributed by atoms with van der Waals surface area (Å²) in [6, 6.07) is 0.393. The third-order valence-electron chi connectivity index (χ3n) is 3.89. The summed E-state index contributed by atoms with van der Waals surface area (Å²) in [5.41, 5.74) is -0.283. The van der Waals surface area contributed by atoms with E-state index in [1.807, 2.05) is 12.4 Å². The second kappa shape index (κ2) is 4.99. The van der Waals surface area contributed by atoms with Crippen molar-refractivity contribution in [1.29, 1.82) is 0 Å². The molecule has 2 N–H and O–H groups in total. The van der Waals surface area contributed by atoms with Gasteiger partial charge in [-0.1, -0.05) is 0 Å². The molecule has 0 saturated carbocycles. The van der Waals surface area contributed by atoms with Crippen LogP contribution in [0.3, 0.4) is 0 Å². The Kier molecular flexibility index (Phi) is 3.31. The van der Waals surface area contributed by atoms with Gasteiger partial charge in [-0.2, -0.15) is 15.4 Å². The van der Waals surface area contributed by atoms with E-state index in [4.69, 9.17) is 0 Å². The molecule has 3 heterocycles. The van der Waals surface area contributed by atoms with Gasteiger partial charge >= 0.3 is 0 Å². The molecular formula is C13H20N6O. The van der Waals surface area contributed by atoms with E-state index in [2.05, 4.69) is 43.7 Å². The van der Waals surface area contributed by atoms with Gasteiger partial charge in [0.15, 0.2) is 0 Å². The molecule has 2 aromatic rings. The maximum absolute atomic E-state index is 10.6. The lowest BCUT2D eigenvalue weighted by atomic mass is 10.0. The van der Waals surface area contributed by atoms with Gasteiger partial charge < -0.3 is 9.67 Å². The normalized spacial score (nSPS) is 23.8. The van der Waals surface area contributed by atoms with Crippen LogP contribution in [0.2, 0.25) is 0 Å². The zero-order valence-corrected chi connectivity index (χ0v) is 11.8. The van der Waals surface area contributed by atoms with Gasteiger partial charge in [0, 0.05) is 31.5 Å². The predicted molar refractivity (Wildman–Crippen MR) is 72.8 cm³/mol. The van der Waals surface area contributed by atoms with Gasteiger partial charge in [-0.25, -0.2) is 4.98 Å². The summed E-state index contributed by atoms with van der Waals surface area (Å²) in [4.78, 5) is 6.62. The third kappa shape index (κ3) is 2.34. The second-order valence-corrected chi connectivity index (χ2v) is 5.69. The zero-order valence-electron chi connectivity index (χ0n) is 11.8. The molecule has 0 spiro atoms. The van der Waals surface area contributed by atoms with Crippen molar-refractivity contribution >= 4 is 0 Å². The highest BCUT2D eigenvalue weighted by Gasteiger charge is 2.39. The van der Waals surface area contributed by atoms with Crippen molar-refractivity contribution in [3.63, 3.8) is 0 Å². The van der Waals surface area contributed by atoms with Crippen LogP contribution in [0.4, 0.5) is 0 Å². The molecule has 0 amide bonds. The first kappa shape index (κ1) is 13.3. The van der Waals surface area contributed by atoms with E-state index in [-0.39, 0.29) is 0 Å². The number of rotatable bonds is 4. The van der Waals surface area contributed by atoms with E-state index in [1.54, 1.807) is 6.20 Å². The smallest absolute Gasteiger partial charge is 0.124 e. The van der Waals surface area contributed by atoms with Gasteiger partial charge in [-0.15, -0.1) is 0 Å². The summed E-state index contributed by atoms with van der Waals surface area (Å²) < 4.78 is 2.16. The fourth-order valence-electron chi connectivity index (χ4n) is 2.78. The van der Waals surface area contributed by atoms with E-state index in [9.17, 15) is 5.11 Å². The molecule has 7 nitrogen and oxygen atoms in total. The molecule has 1 saturated heterocycles. The van der Waals surface area contributed by atoms with E-state index in [1.165, 1.54) is 0 Å². The minimum Gasteiger partial charge on any atom is -0.382 e. The number of aromatic amines is 1. The van der Waals surface area contributed by atoms with E-state index >= 15 is 0 Å². The van der Waals surface area contributed by atoms with E-state index in [0.717, 1.165) is 18.9 Å². The number of hydrogen-bond acceptors (Lipinski definition) is 5. The molecule has 2 aromatic heterocycles. The Bertz CT molecular complexity index is 563. The van der Waals surface area contributed by atoms with Crippen molar-refractivity contribution in [2.24, 2.45) is 0 Å². The number of aromatic nitrogens is 5. The van der Waals surface area contributed by atoms with Crippen molar-refractivity contribution in [3.8, 4) is 0 Å². The number of likely N-dealkylation sites (tertiary alicyclic amines) is 1. The van der Waals surface area contributed by atoms with Crippen LogP contribution in [0.15, 0.2) is 18.6 Å². The largest absolute Gasteiger partial charge is 0.382 e. The molecule has 108 valence electrons. The summed E-state index contributed by atoms with van der Waals surface area (Å²) in [5.74, 6) is 1.03. The van der Waals surface area contributed by atoms with Gasteiger partial charge in [0.05, 0.1) is 12.7 Å². The first-order valence-electron chi connectivity index (χ1n) is 6.91. The lowest BCUT2D eigenvalue weighted by molar-refractivity contribution is 0.0404. The van der Waals surface area contributed by atoms with Gasteiger partial charge in [0.25, 0.3) is 0 Å². The highest BCUT2D eigenvalue weighted by atomic mass is 16.3. The fourth-order valence-corrected chi connectivity index (χ4v) is 2.78. The molecule has 7 heteroatoms. The van der Waals surface area contributed by atoms with Crippen molar-refractivity contribution < 1.29 is 5.11 Å². The summed E-state index contributed by atoms with van der Waals surface area (Å²) in [5, 5.41) is 21.0. The number of imidazole rings is 1. The summed E-state index contributed by atoms with van der Waals surface area (Å²) in [7, 11) is 0. The van der Waals surface area contributed by atoms with Crippen LogP contribution in [-0.2, 0) is 12.1 Å². The van der Waals surface area contributed by atoms with Crippen LogP contribution >= 0.6 is 0 Å². The lowest BCUT2D eigenvalue weighted by Crippen LogP contribution is -2.31. The number of hydrogen-bond donors (Lipinski definition) is 2. The summed E-state index contributed by atoms with van der Waals surface area (Å²) >= 11 is 0. The Labute approximate surface area is 117 Å². The standard InChI is InChI=1S/C13H20N6O/c1-10(2)19-6-4-14-12(19)8-18-5-3-13(20,9-18)11-7-15-17-16-11/h4,6-7,10,20H,3,5,8-9H2,1-2H3,(H,15,16,17). The van der Waals surface area contributed by atoms with Crippen LogP contribution in [-0.4, -0.2) is 48.1 Å². The van der Waals surface area contributed by atoms with Crippen LogP contribution in [0.5, 0.6) is 0 Å². The fraction of sp³-hybridized carbons (Fsp3) is 0.615. The molecule has 20 heavy (non-hydrogen) atoms. The van der Waals surface area contributed by atoms with Crippen molar-refractivity contribution in [2.45, 2.75) is 38.5 Å². The average Bonchev–Trinajstić information content (AvgIpc) is 3.10. The average molecular weight is 276 g/mol. The molecule has 0 radical (unpaired) electrons. The van der Waals surface area contributed by atoms with Crippen LogP contribution in [0.1, 0.15) is 37.8 Å². The highest BCUT2D eigenvalue weighted by molar-refractivity contribution is 5.10. The third-order valence-corrected chi connectivity index (χ3v) is 3.89. The molecule has 1 fully saturated rings. The Morgan fingerprint density at radius 2 is 2.35 bits per heavy atom. The summed E-state index contributed by atoms with van der Waals surface area (Å²) in [6.45, 7) is 6.41. The number of nitrogens with zero attached hydrogens (tertiary/aromatic N) is 5. The van der Waals surface area contributed by atoms with Gasteiger partial charge in [-0.3, -0.25) is 4.90 Å². The monoisotopic (exact) mass is 276 g/mol. The Balaban J connectivity index is 1.70. The van der Waals surface area contributed by atoms with Crippen molar-refractivity contribution in [2.75, 3.05) is 13.1 Å². The molecule has 1 unspecified atom stereocenters. The predicted octanol–water partition coefficient (Wildman–Crippen LogP) is 0.676. The van der Waals surface area contributed by atoms with Crippen LogP contribution < -0.4 is 0 Å². The minimum absolute atomic E-state index is 0.393. The molecule has 0 aromatic carbocycles. The number of aliphatic hydroxyl groups is 1. The molecular weight excluding hydrogens is 256 g/mol. The second-order valence-electron chi connectivity index (χ2n) is 5.69. The van der Waals surface area contributed by atoms with Gasteiger partial charge in [0.2, 0.25) is 0 Å². The number of β-amino-alcohol motifs (C(OH)–C–C–N with tert-alkyl or cyclic N) is 1. The minimum atomic E-state index is -0.901. The molecule has 1 aliphatic heterocycles. The van der Waals surface area contributed by atoms with Crippen LogP contribution in [0, 0.1) is 0 Å².